The van der Waals surface area contributed by atoms with E-state index in [0.29, 0.717) is 53.9 Å². The fourth-order valence-electron chi connectivity index (χ4n) is 4.93. The van der Waals surface area contributed by atoms with Crippen molar-refractivity contribution < 1.29 is 27.1 Å². The highest BCUT2D eigenvalue weighted by Gasteiger charge is 2.42. The van der Waals surface area contributed by atoms with Crippen molar-refractivity contribution in [2.75, 3.05) is 23.7 Å². The predicted octanol–water partition coefficient (Wildman–Crippen LogP) is 3.25. The summed E-state index contributed by atoms with van der Waals surface area (Å²) in [5.41, 5.74) is 12.1. The summed E-state index contributed by atoms with van der Waals surface area (Å²) in [6.07, 6.45) is 0.358. The van der Waals surface area contributed by atoms with Gasteiger partial charge in [-0.3, -0.25) is 4.98 Å². The summed E-state index contributed by atoms with van der Waals surface area (Å²) in [7, 11) is 0. The lowest BCUT2D eigenvalue weighted by Crippen LogP contribution is -2.60. The molecule has 3 aromatic heterocycles. The van der Waals surface area contributed by atoms with Crippen molar-refractivity contribution >= 4 is 22.7 Å². The number of alkyl halides is 2. The molecule has 0 amide bonds. The number of benzene rings is 1. The van der Waals surface area contributed by atoms with Crippen LogP contribution >= 0.6 is 0 Å². The van der Waals surface area contributed by atoms with Gasteiger partial charge in [-0.05, 0) is 37.0 Å². The summed E-state index contributed by atoms with van der Waals surface area (Å²) in [5.74, 6) is -3.42. The molecule has 39 heavy (non-hydrogen) atoms. The number of aromatic nitrogens is 5. The van der Waals surface area contributed by atoms with E-state index < -0.39 is 35.5 Å². The first-order valence-corrected chi connectivity index (χ1v) is 12.1. The van der Waals surface area contributed by atoms with Crippen LogP contribution in [0.4, 0.5) is 33.5 Å². The molecule has 1 aliphatic heterocycles. The van der Waals surface area contributed by atoms with E-state index in [9.17, 15) is 27.1 Å². The third kappa shape index (κ3) is 5.08. The molecule has 0 radical (unpaired) electrons. The molecule has 0 spiro atoms. The van der Waals surface area contributed by atoms with E-state index in [4.69, 9.17) is 11.5 Å². The largest absolute Gasteiger partial charge is 0.385 e. The maximum Gasteiger partial charge on any atom is 0.265 e. The van der Waals surface area contributed by atoms with Gasteiger partial charge in [-0.25, -0.2) is 36.9 Å². The molecule has 2 atom stereocenters. The molecule has 206 valence electrons. The summed E-state index contributed by atoms with van der Waals surface area (Å²) < 4.78 is 70.8. The van der Waals surface area contributed by atoms with Crippen LogP contribution in [0.15, 0.2) is 37.1 Å². The number of nitrogens with zero attached hydrogens (tertiary/aromatic N) is 6. The van der Waals surface area contributed by atoms with Gasteiger partial charge in [-0.2, -0.15) is 0 Å². The van der Waals surface area contributed by atoms with E-state index >= 15 is 0 Å². The van der Waals surface area contributed by atoms with Crippen molar-refractivity contribution in [2.24, 2.45) is 5.73 Å². The lowest BCUT2D eigenvalue weighted by molar-refractivity contribution is -0.0491. The van der Waals surface area contributed by atoms with Crippen molar-refractivity contribution in [1.82, 2.24) is 24.5 Å². The minimum atomic E-state index is -3.03. The maximum atomic E-state index is 14.6. The second kappa shape index (κ2) is 10.3. The third-order valence-electron chi connectivity index (χ3n) is 7.00. The number of aliphatic hydroxyl groups excluding tert-OH is 1. The van der Waals surface area contributed by atoms with E-state index in [0.717, 1.165) is 0 Å². The topological polar surface area (TPSA) is 132 Å². The smallest absolute Gasteiger partial charge is 0.265 e. The van der Waals surface area contributed by atoms with E-state index in [1.807, 2.05) is 0 Å². The maximum absolute atomic E-state index is 14.6. The number of aliphatic hydroxyl groups is 1. The molecule has 0 aliphatic carbocycles. The number of nitrogen functional groups attached to an aromatic ring is 1. The zero-order valence-corrected chi connectivity index (χ0v) is 20.5. The van der Waals surface area contributed by atoms with Crippen LogP contribution in [0.25, 0.3) is 22.4 Å². The highest BCUT2D eigenvalue weighted by Crippen LogP contribution is 2.33. The number of nitrogens with two attached hydrogens (primary N) is 2. The Kier molecular flexibility index (Phi) is 7.07. The lowest BCUT2D eigenvalue weighted by atomic mass is 9.88. The number of rotatable bonds is 6. The minimum absolute atomic E-state index is 0.0187. The summed E-state index contributed by atoms with van der Waals surface area (Å²) in [6.45, 7) is 0.405. The van der Waals surface area contributed by atoms with Gasteiger partial charge in [0.15, 0.2) is 23.1 Å². The number of hydrogen-bond acceptors (Lipinski definition) is 8. The minimum Gasteiger partial charge on any atom is -0.385 e. The van der Waals surface area contributed by atoms with E-state index in [2.05, 4.69) is 19.9 Å². The van der Waals surface area contributed by atoms with E-state index in [-0.39, 0.29) is 36.6 Å². The standard InChI is InChI=1S/C25H25F5N8O/c26-15-7-17(28)16(27)6-14(15)18-5-13(9-38-12-36-20-23(31)34-11-35-24(20)38)19(8-33-18)37-4-2-1-3-25(32,10-37)21(39)22(29)30/h5-8,11-12,21-22,39H,1-4,9-10,32H2,(H2,31,34,35)/t21-,25-/m1/s1. The molecule has 1 aromatic carbocycles. The van der Waals surface area contributed by atoms with E-state index in [1.165, 1.54) is 24.9 Å². The molecule has 9 nitrogen and oxygen atoms in total. The number of fused-ring (bicyclic) bond motifs is 1. The van der Waals surface area contributed by atoms with Gasteiger partial charge in [0.1, 0.15) is 23.8 Å². The van der Waals surface area contributed by atoms with Crippen molar-refractivity contribution in [3.05, 3.63) is 60.1 Å². The van der Waals surface area contributed by atoms with Crippen LogP contribution in [-0.4, -0.2) is 60.8 Å². The van der Waals surface area contributed by atoms with Gasteiger partial charge < -0.3 is 26.0 Å². The van der Waals surface area contributed by atoms with Crippen LogP contribution in [0.2, 0.25) is 0 Å². The first-order valence-electron chi connectivity index (χ1n) is 12.1. The molecule has 4 aromatic rings. The van der Waals surface area contributed by atoms with Gasteiger partial charge in [0, 0.05) is 24.7 Å². The van der Waals surface area contributed by atoms with Crippen molar-refractivity contribution in [3.63, 3.8) is 0 Å². The average Bonchev–Trinajstić information content (AvgIpc) is 3.20. The van der Waals surface area contributed by atoms with Gasteiger partial charge in [0.2, 0.25) is 0 Å². The Labute approximate surface area is 219 Å². The normalized spacial score (nSPS) is 19.0. The fourth-order valence-corrected chi connectivity index (χ4v) is 4.93. The van der Waals surface area contributed by atoms with Gasteiger partial charge in [-0.15, -0.1) is 0 Å². The first-order chi connectivity index (χ1) is 18.6. The lowest BCUT2D eigenvalue weighted by Gasteiger charge is -2.37. The molecule has 0 saturated carbocycles. The summed E-state index contributed by atoms with van der Waals surface area (Å²) >= 11 is 0. The van der Waals surface area contributed by atoms with Crippen LogP contribution in [0.3, 0.4) is 0 Å². The second-order valence-electron chi connectivity index (χ2n) is 9.64. The van der Waals surface area contributed by atoms with Gasteiger partial charge in [0.25, 0.3) is 6.43 Å². The van der Waals surface area contributed by atoms with Crippen molar-refractivity contribution in [1.29, 1.82) is 0 Å². The Balaban J connectivity index is 1.62. The molecule has 1 saturated heterocycles. The van der Waals surface area contributed by atoms with Crippen molar-refractivity contribution in [3.8, 4) is 11.3 Å². The summed E-state index contributed by atoms with van der Waals surface area (Å²) in [5, 5.41) is 10.2. The van der Waals surface area contributed by atoms with Crippen molar-refractivity contribution in [2.45, 2.75) is 43.9 Å². The molecule has 0 unspecified atom stereocenters. The Morgan fingerprint density at radius 3 is 2.54 bits per heavy atom. The van der Waals surface area contributed by atoms with Gasteiger partial charge >= 0.3 is 0 Å². The van der Waals surface area contributed by atoms with E-state index in [1.54, 1.807) is 9.47 Å². The molecule has 5 rings (SSSR count). The second-order valence-corrected chi connectivity index (χ2v) is 9.64. The Bertz CT molecular complexity index is 1520. The van der Waals surface area contributed by atoms with Crippen LogP contribution in [0.5, 0.6) is 0 Å². The van der Waals surface area contributed by atoms with Gasteiger partial charge in [-0.1, -0.05) is 0 Å². The van der Waals surface area contributed by atoms with Crippen LogP contribution < -0.4 is 16.4 Å². The summed E-state index contributed by atoms with van der Waals surface area (Å²) in [6, 6.07) is 2.65. The molecule has 1 aliphatic rings. The monoisotopic (exact) mass is 548 g/mol. The number of hydrogen-bond donors (Lipinski definition) is 3. The molecule has 14 heteroatoms. The molecular weight excluding hydrogens is 523 g/mol. The quantitative estimate of drug-likeness (QED) is 0.247. The average molecular weight is 549 g/mol. The number of pyridine rings is 1. The zero-order valence-electron chi connectivity index (χ0n) is 20.5. The van der Waals surface area contributed by atoms with Gasteiger partial charge in [0.05, 0.1) is 36.0 Å². The molecule has 1 fully saturated rings. The molecule has 5 N–H and O–H groups in total. The summed E-state index contributed by atoms with van der Waals surface area (Å²) in [4.78, 5) is 18.4. The zero-order chi connectivity index (χ0) is 27.9. The molecule has 0 bridgehead atoms. The third-order valence-corrected chi connectivity index (χ3v) is 7.00. The van der Waals surface area contributed by atoms with Crippen LogP contribution in [0, 0.1) is 17.5 Å². The SMILES string of the molecule is Nc1ncnc2c1ncn2Cc1cc(-c2cc(F)c(F)cc2F)ncc1N1CCCC[C@](N)([C@H](O)C(F)F)C1. The highest BCUT2D eigenvalue weighted by molar-refractivity contribution is 5.81. The number of imidazole rings is 1. The number of halogens is 5. The van der Waals surface area contributed by atoms with Crippen LogP contribution in [-0.2, 0) is 6.54 Å². The highest BCUT2D eigenvalue weighted by atomic mass is 19.3. The predicted molar refractivity (Wildman–Crippen MR) is 133 cm³/mol. The Morgan fingerprint density at radius 2 is 1.77 bits per heavy atom. The molecule has 4 heterocycles. The Hall–Kier alpha value is -3.91. The first kappa shape index (κ1) is 26.7. The number of anilines is 2. The molecular formula is C25H25F5N8O. The van der Waals surface area contributed by atoms with Crippen LogP contribution in [0.1, 0.15) is 24.8 Å². The fraction of sp³-hybridized carbons (Fsp3) is 0.360. The Morgan fingerprint density at radius 1 is 1.00 bits per heavy atom.